The second-order valence-corrected chi connectivity index (χ2v) is 15.4. The Kier molecular flexibility index (Phi) is 7.35. The van der Waals surface area contributed by atoms with Crippen molar-refractivity contribution in [3.05, 3.63) is 222 Å². The van der Waals surface area contributed by atoms with Crippen LogP contribution in [-0.2, 0) is 10.8 Å². The molecule has 10 rings (SSSR count). The molecule has 1 heteroatoms. The molecule has 0 aromatic heterocycles. The van der Waals surface area contributed by atoms with Gasteiger partial charge in [-0.15, -0.1) is 0 Å². The molecule has 2 aliphatic rings. The van der Waals surface area contributed by atoms with Gasteiger partial charge in [0.2, 0.25) is 0 Å². The van der Waals surface area contributed by atoms with Crippen molar-refractivity contribution in [3.63, 3.8) is 0 Å². The van der Waals surface area contributed by atoms with Crippen LogP contribution in [0.1, 0.15) is 48.6 Å². The van der Waals surface area contributed by atoms with Crippen molar-refractivity contribution in [2.45, 2.75) is 31.6 Å². The molecule has 1 unspecified atom stereocenters. The lowest BCUT2D eigenvalue weighted by Crippen LogP contribution is -2.22. The summed E-state index contributed by atoms with van der Waals surface area (Å²) in [4.78, 5) is 2.50. The van der Waals surface area contributed by atoms with Gasteiger partial charge in [-0.1, -0.05) is 178 Å². The minimum absolute atomic E-state index is 0.122. The Morgan fingerprint density at radius 2 is 0.815 bits per heavy atom. The molecule has 0 spiro atoms. The molecule has 8 aromatic carbocycles. The van der Waals surface area contributed by atoms with Crippen molar-refractivity contribution < 1.29 is 0 Å². The molecule has 0 fully saturated rings. The lowest BCUT2D eigenvalue weighted by Gasteiger charge is -2.32. The lowest BCUT2D eigenvalue weighted by molar-refractivity contribution is 0.660. The second kappa shape index (κ2) is 12.3. The van der Waals surface area contributed by atoms with Crippen molar-refractivity contribution in [2.24, 2.45) is 0 Å². The fourth-order valence-electron chi connectivity index (χ4n) is 9.42. The zero-order chi connectivity index (χ0) is 36.4. The summed E-state index contributed by atoms with van der Waals surface area (Å²) in [7, 11) is 0. The molecule has 0 radical (unpaired) electrons. The molecule has 0 N–H and O–H groups in total. The van der Waals surface area contributed by atoms with Crippen LogP contribution in [0.4, 0.5) is 17.1 Å². The van der Waals surface area contributed by atoms with Crippen LogP contribution in [0.3, 0.4) is 0 Å². The average molecular weight is 692 g/mol. The third-order valence-corrected chi connectivity index (χ3v) is 12.2. The highest BCUT2D eigenvalue weighted by atomic mass is 15.1. The molecular formula is C53H41N. The highest BCUT2D eigenvalue weighted by molar-refractivity contribution is 5.96. The van der Waals surface area contributed by atoms with Crippen LogP contribution in [0.5, 0.6) is 0 Å². The third kappa shape index (κ3) is 4.78. The summed E-state index contributed by atoms with van der Waals surface area (Å²) in [5.41, 5.74) is 19.8. The highest BCUT2D eigenvalue weighted by Gasteiger charge is 2.41. The van der Waals surface area contributed by atoms with Crippen LogP contribution in [0.2, 0.25) is 0 Å². The Hall–Kier alpha value is -6.44. The number of hydrogen-bond donors (Lipinski definition) is 0. The molecule has 0 amide bonds. The van der Waals surface area contributed by atoms with E-state index in [2.05, 4.69) is 220 Å². The van der Waals surface area contributed by atoms with Gasteiger partial charge in [0.25, 0.3) is 0 Å². The normalized spacial score (nSPS) is 15.9. The fraction of sp³-hybridized carbons (Fsp3) is 0.0943. The number of fused-ring (bicyclic) bond motifs is 6. The topological polar surface area (TPSA) is 3.24 Å². The van der Waals surface area contributed by atoms with E-state index in [0.29, 0.717) is 0 Å². The Balaban J connectivity index is 1.20. The smallest absolute Gasteiger partial charge is 0.0540 e. The van der Waals surface area contributed by atoms with E-state index >= 15 is 0 Å². The van der Waals surface area contributed by atoms with Crippen molar-refractivity contribution in [2.75, 3.05) is 4.90 Å². The molecule has 0 saturated carbocycles. The van der Waals surface area contributed by atoms with E-state index in [4.69, 9.17) is 0 Å². The zero-order valence-corrected chi connectivity index (χ0v) is 30.9. The first-order valence-corrected chi connectivity index (χ1v) is 19.0. The van der Waals surface area contributed by atoms with Crippen molar-refractivity contribution in [1.82, 2.24) is 0 Å². The van der Waals surface area contributed by atoms with Crippen molar-refractivity contribution in [3.8, 4) is 44.5 Å². The maximum atomic E-state index is 2.50. The first-order chi connectivity index (χ1) is 26.4. The molecule has 258 valence electrons. The van der Waals surface area contributed by atoms with Gasteiger partial charge < -0.3 is 4.90 Å². The fourth-order valence-corrected chi connectivity index (χ4v) is 9.42. The molecule has 0 heterocycles. The SMILES string of the molecule is CC1(C)c2ccccc2-c2ccc(N(c3ccccc3-c3ccccc3)c3ccccc3-c3ccc4c(c3)C(C)(c3ccccc3)c3ccccc3-4)cc21. The first kappa shape index (κ1) is 32.2. The highest BCUT2D eigenvalue weighted by Crippen LogP contribution is 2.55. The molecule has 1 nitrogen and oxygen atoms in total. The quantitative estimate of drug-likeness (QED) is 0.168. The maximum absolute atomic E-state index is 2.50. The van der Waals surface area contributed by atoms with Crippen LogP contribution in [0, 0.1) is 0 Å². The number of hydrogen-bond acceptors (Lipinski definition) is 1. The largest absolute Gasteiger partial charge is 0.309 e. The molecule has 8 aromatic rings. The van der Waals surface area contributed by atoms with Gasteiger partial charge in [-0.3, -0.25) is 0 Å². The zero-order valence-electron chi connectivity index (χ0n) is 30.9. The average Bonchev–Trinajstić information content (AvgIpc) is 3.63. The lowest BCUT2D eigenvalue weighted by atomic mass is 9.74. The number of anilines is 3. The molecule has 2 aliphatic carbocycles. The molecular weight excluding hydrogens is 651 g/mol. The van der Waals surface area contributed by atoms with E-state index in [-0.39, 0.29) is 10.8 Å². The summed E-state index contributed by atoms with van der Waals surface area (Å²) in [5, 5.41) is 0. The predicted molar refractivity (Wildman–Crippen MR) is 227 cm³/mol. The van der Waals surface area contributed by atoms with Gasteiger partial charge in [0, 0.05) is 27.6 Å². The van der Waals surface area contributed by atoms with E-state index in [1.807, 2.05) is 0 Å². The Labute approximate surface area is 318 Å². The predicted octanol–water partition coefficient (Wildman–Crippen LogP) is 14.1. The van der Waals surface area contributed by atoms with E-state index in [1.54, 1.807) is 0 Å². The minimum atomic E-state index is -0.279. The molecule has 1 atom stereocenters. The standard InChI is InChI=1S/C53H41N/c1-52(2)46-26-14-10-24-42(46)44-33-31-39(35-48(44)52)54(50-28-16-12-22-40(50)36-18-6-4-7-19-36)51-29-17-13-23-41(51)37-30-32-45-43-25-11-15-27-47(43)53(3,49(45)34-37)38-20-8-5-9-21-38/h4-35H,1-3H3. The van der Waals surface area contributed by atoms with Gasteiger partial charge in [-0.2, -0.15) is 0 Å². The summed E-state index contributed by atoms with van der Waals surface area (Å²) in [5.74, 6) is 0. The number of benzene rings is 8. The van der Waals surface area contributed by atoms with Crippen LogP contribution in [-0.4, -0.2) is 0 Å². The second-order valence-electron chi connectivity index (χ2n) is 15.4. The number of rotatable bonds is 6. The molecule has 54 heavy (non-hydrogen) atoms. The van der Waals surface area contributed by atoms with E-state index in [1.165, 1.54) is 72.3 Å². The van der Waals surface area contributed by atoms with Crippen LogP contribution in [0.25, 0.3) is 44.5 Å². The van der Waals surface area contributed by atoms with Crippen LogP contribution in [0.15, 0.2) is 194 Å². The van der Waals surface area contributed by atoms with Crippen LogP contribution >= 0.6 is 0 Å². The summed E-state index contributed by atoms with van der Waals surface area (Å²) < 4.78 is 0. The minimum Gasteiger partial charge on any atom is -0.309 e. The van der Waals surface area contributed by atoms with Gasteiger partial charge >= 0.3 is 0 Å². The maximum Gasteiger partial charge on any atom is 0.0540 e. The monoisotopic (exact) mass is 691 g/mol. The van der Waals surface area contributed by atoms with Gasteiger partial charge in [0.15, 0.2) is 0 Å². The Morgan fingerprint density at radius 3 is 1.50 bits per heavy atom. The summed E-state index contributed by atoms with van der Waals surface area (Å²) in [6, 6.07) is 71.7. The molecule has 0 bridgehead atoms. The third-order valence-electron chi connectivity index (χ3n) is 12.2. The molecule has 0 saturated heterocycles. The summed E-state index contributed by atoms with van der Waals surface area (Å²) in [6.07, 6.45) is 0. The van der Waals surface area contributed by atoms with Gasteiger partial charge in [0.1, 0.15) is 0 Å². The van der Waals surface area contributed by atoms with E-state index in [0.717, 1.165) is 17.1 Å². The van der Waals surface area contributed by atoms with Crippen LogP contribution < -0.4 is 4.90 Å². The van der Waals surface area contributed by atoms with E-state index < -0.39 is 0 Å². The summed E-state index contributed by atoms with van der Waals surface area (Å²) >= 11 is 0. The Morgan fingerprint density at radius 1 is 0.333 bits per heavy atom. The van der Waals surface area contributed by atoms with Gasteiger partial charge in [0.05, 0.1) is 11.4 Å². The number of para-hydroxylation sites is 2. The van der Waals surface area contributed by atoms with Gasteiger partial charge in [-0.25, -0.2) is 0 Å². The van der Waals surface area contributed by atoms with Gasteiger partial charge in [-0.05, 0) is 98.5 Å². The summed E-state index contributed by atoms with van der Waals surface area (Å²) in [6.45, 7) is 7.13. The van der Waals surface area contributed by atoms with Crippen molar-refractivity contribution >= 4 is 17.1 Å². The van der Waals surface area contributed by atoms with E-state index in [9.17, 15) is 0 Å². The molecule has 0 aliphatic heterocycles. The van der Waals surface area contributed by atoms with Crippen molar-refractivity contribution in [1.29, 1.82) is 0 Å². The Bertz CT molecular complexity index is 2700. The first-order valence-electron chi connectivity index (χ1n) is 19.0. The number of nitrogens with zero attached hydrogens (tertiary/aromatic N) is 1.